The summed E-state index contributed by atoms with van der Waals surface area (Å²) in [6, 6.07) is 10.6. The molecule has 2 aliphatic rings. The summed E-state index contributed by atoms with van der Waals surface area (Å²) >= 11 is 0. The number of aromatic nitrogens is 1. The van der Waals surface area contributed by atoms with Crippen molar-refractivity contribution in [2.24, 2.45) is 0 Å². The van der Waals surface area contributed by atoms with E-state index in [0.29, 0.717) is 37.5 Å². The van der Waals surface area contributed by atoms with Gasteiger partial charge in [0.1, 0.15) is 17.5 Å². The minimum Gasteiger partial charge on any atom is -0.481 e. The summed E-state index contributed by atoms with van der Waals surface area (Å²) in [6.07, 6.45) is 1.84. The van der Waals surface area contributed by atoms with E-state index in [-0.39, 0.29) is 56.5 Å². The summed E-state index contributed by atoms with van der Waals surface area (Å²) < 4.78 is 16.3. The summed E-state index contributed by atoms with van der Waals surface area (Å²) in [6.45, 7) is 4.22. The predicted molar refractivity (Wildman–Crippen MR) is 170 cm³/mol. The third kappa shape index (κ3) is 10.1. The summed E-state index contributed by atoms with van der Waals surface area (Å²) in [7, 11) is 1.61. The molecular formula is C33H43N5O9. The number of carbonyl (C=O) groups excluding carboxylic acids is 4. The third-order valence-corrected chi connectivity index (χ3v) is 8.12. The molecule has 0 radical (unpaired) electrons. The van der Waals surface area contributed by atoms with Crippen molar-refractivity contribution in [3.63, 3.8) is 0 Å². The Labute approximate surface area is 273 Å². The summed E-state index contributed by atoms with van der Waals surface area (Å²) in [5, 5.41) is 12.0. The van der Waals surface area contributed by atoms with Crippen molar-refractivity contribution in [1.82, 2.24) is 25.0 Å². The van der Waals surface area contributed by atoms with Crippen LogP contribution in [0.15, 0.2) is 42.5 Å². The van der Waals surface area contributed by atoms with Crippen molar-refractivity contribution in [2.45, 2.75) is 57.5 Å². The molecule has 1 aromatic carbocycles. The average Bonchev–Trinajstić information content (AvgIpc) is 3.63. The number of nitrogens with one attached hydrogen (secondary N) is 1. The quantitative estimate of drug-likeness (QED) is 0.306. The molecule has 0 bridgehead atoms. The molecule has 2 fully saturated rings. The lowest BCUT2D eigenvalue weighted by Gasteiger charge is -2.36. The molecule has 254 valence electrons. The van der Waals surface area contributed by atoms with Crippen molar-refractivity contribution >= 4 is 30.0 Å². The molecule has 2 N–H and O–H groups in total. The summed E-state index contributed by atoms with van der Waals surface area (Å²) in [4.78, 5) is 72.9. The zero-order chi connectivity index (χ0) is 33.8. The highest BCUT2D eigenvalue weighted by atomic mass is 16.6. The Kier molecular flexibility index (Phi) is 12.9. The van der Waals surface area contributed by atoms with Crippen LogP contribution in [0.1, 0.15) is 55.9 Å². The van der Waals surface area contributed by atoms with Gasteiger partial charge in [-0.25, -0.2) is 14.6 Å². The Morgan fingerprint density at radius 3 is 2.45 bits per heavy atom. The van der Waals surface area contributed by atoms with Crippen molar-refractivity contribution in [3.8, 4) is 17.0 Å². The molecule has 2 aromatic rings. The highest BCUT2D eigenvalue weighted by Crippen LogP contribution is 2.25. The number of hydrogen-bond donors (Lipinski definition) is 2. The third-order valence-electron chi connectivity index (χ3n) is 8.12. The Balaban J connectivity index is 1.48. The number of nitrogens with zero attached hydrogens (tertiary/aromatic N) is 4. The second-order valence-electron chi connectivity index (χ2n) is 11.5. The normalized spacial score (nSPS) is 16.7. The van der Waals surface area contributed by atoms with E-state index >= 15 is 0 Å². The molecule has 0 saturated carbocycles. The number of benzene rings is 1. The second-order valence-corrected chi connectivity index (χ2v) is 11.5. The molecule has 2 atom stereocenters. The van der Waals surface area contributed by atoms with E-state index in [1.54, 1.807) is 37.4 Å². The predicted octanol–water partition coefficient (Wildman–Crippen LogP) is 3.40. The zero-order valence-corrected chi connectivity index (χ0v) is 26.9. The number of ether oxygens (including phenoxy) is 3. The van der Waals surface area contributed by atoms with Gasteiger partial charge in [0.15, 0.2) is 0 Å². The fraction of sp³-hybridized carbons (Fsp3) is 0.515. The molecule has 0 spiro atoms. The molecule has 1 unspecified atom stereocenters. The van der Waals surface area contributed by atoms with Gasteiger partial charge in [0.05, 0.1) is 24.9 Å². The number of piperazine rings is 1. The molecule has 2 aliphatic heterocycles. The Bertz CT molecular complexity index is 1390. The van der Waals surface area contributed by atoms with Gasteiger partial charge in [-0.3, -0.25) is 14.4 Å². The lowest BCUT2D eigenvalue weighted by molar-refractivity contribution is -0.138. The van der Waals surface area contributed by atoms with Gasteiger partial charge in [0.2, 0.25) is 5.91 Å². The van der Waals surface area contributed by atoms with Gasteiger partial charge < -0.3 is 39.3 Å². The van der Waals surface area contributed by atoms with Crippen LogP contribution in [0.4, 0.5) is 9.59 Å². The van der Waals surface area contributed by atoms with E-state index < -0.39 is 36.0 Å². The Morgan fingerprint density at radius 1 is 1.06 bits per heavy atom. The first-order valence-corrected chi connectivity index (χ1v) is 16.0. The largest absolute Gasteiger partial charge is 0.481 e. The number of rotatable bonds is 13. The van der Waals surface area contributed by atoms with Gasteiger partial charge >= 0.3 is 18.2 Å². The molecule has 2 saturated heterocycles. The van der Waals surface area contributed by atoms with Crippen LogP contribution in [-0.2, 0) is 19.1 Å². The Morgan fingerprint density at radius 2 is 1.79 bits per heavy atom. The van der Waals surface area contributed by atoms with Gasteiger partial charge in [0.25, 0.3) is 5.91 Å². The van der Waals surface area contributed by atoms with Crippen LogP contribution in [-0.4, -0.2) is 120 Å². The van der Waals surface area contributed by atoms with E-state index in [2.05, 4.69) is 17.2 Å². The van der Waals surface area contributed by atoms with E-state index in [9.17, 15) is 29.1 Å². The first-order valence-electron chi connectivity index (χ1n) is 16.0. The van der Waals surface area contributed by atoms with Crippen LogP contribution in [0.3, 0.4) is 0 Å². The Hall–Kier alpha value is -4.72. The molecule has 14 nitrogen and oxygen atoms in total. The zero-order valence-electron chi connectivity index (χ0n) is 26.9. The van der Waals surface area contributed by atoms with Crippen LogP contribution in [0.2, 0.25) is 0 Å². The van der Waals surface area contributed by atoms with Gasteiger partial charge in [-0.2, -0.15) is 0 Å². The van der Waals surface area contributed by atoms with E-state index in [1.165, 1.54) is 20.8 Å². The molecule has 3 heterocycles. The first kappa shape index (κ1) is 35.1. The maximum absolute atomic E-state index is 13.6. The van der Waals surface area contributed by atoms with Crippen LogP contribution >= 0.6 is 0 Å². The fourth-order valence-corrected chi connectivity index (χ4v) is 5.28. The molecule has 47 heavy (non-hydrogen) atoms. The highest BCUT2D eigenvalue weighted by molar-refractivity contribution is 5.97. The topological polar surface area (TPSA) is 168 Å². The first-order chi connectivity index (χ1) is 22.7. The molecule has 14 heteroatoms. The number of carbonyl (C=O) groups is 5. The monoisotopic (exact) mass is 653 g/mol. The van der Waals surface area contributed by atoms with Crippen LogP contribution < -0.4 is 10.1 Å². The average molecular weight is 654 g/mol. The minimum absolute atomic E-state index is 0.0749. The molecular weight excluding hydrogens is 610 g/mol. The molecule has 4 rings (SSSR count). The number of likely N-dealkylation sites (N-methyl/N-ethyl adjacent to an activating group) is 1. The van der Waals surface area contributed by atoms with Gasteiger partial charge in [-0.15, -0.1) is 0 Å². The van der Waals surface area contributed by atoms with E-state index in [4.69, 9.17) is 14.2 Å². The van der Waals surface area contributed by atoms with Crippen molar-refractivity contribution in [3.05, 3.63) is 48.2 Å². The van der Waals surface area contributed by atoms with E-state index in [0.717, 1.165) is 19.3 Å². The van der Waals surface area contributed by atoms with Crippen molar-refractivity contribution < 1.29 is 43.3 Å². The van der Waals surface area contributed by atoms with Gasteiger partial charge in [-0.05, 0) is 19.3 Å². The second kappa shape index (κ2) is 17.3. The minimum atomic E-state index is -1.17. The van der Waals surface area contributed by atoms with Gasteiger partial charge in [-0.1, -0.05) is 50.1 Å². The fourth-order valence-electron chi connectivity index (χ4n) is 5.28. The maximum Gasteiger partial charge on any atom is 0.415 e. The number of amides is 4. The van der Waals surface area contributed by atoms with E-state index in [1.807, 2.05) is 6.07 Å². The number of pyridine rings is 1. The number of hydrogen-bond acceptors (Lipinski definition) is 9. The molecule has 1 aromatic heterocycles. The van der Waals surface area contributed by atoms with Crippen molar-refractivity contribution in [2.75, 3.05) is 53.0 Å². The highest BCUT2D eigenvalue weighted by Gasteiger charge is 2.32. The summed E-state index contributed by atoms with van der Waals surface area (Å²) in [5.41, 5.74) is 0.904. The number of unbranched alkanes of at least 4 members (excludes halogenated alkanes) is 2. The molecule has 4 amide bonds. The lowest BCUT2D eigenvalue weighted by atomic mass is 10.1. The van der Waals surface area contributed by atoms with Crippen LogP contribution in [0.25, 0.3) is 11.3 Å². The maximum atomic E-state index is 13.6. The smallest absolute Gasteiger partial charge is 0.415 e. The summed E-state index contributed by atoms with van der Waals surface area (Å²) in [5.74, 6) is -2.26. The number of carboxylic acid groups (broad SMARTS) is 1. The van der Waals surface area contributed by atoms with Crippen LogP contribution in [0.5, 0.6) is 5.75 Å². The number of aliphatic carboxylic acids is 1. The molecule has 0 aliphatic carbocycles. The number of carboxylic acids is 1. The lowest BCUT2D eigenvalue weighted by Crippen LogP contribution is -2.56. The standard InChI is InChI=1S/C33H43N5O9/c1-3-4-8-18-46-33(44)38-16-14-37(15-17-38)31(42)26(11-12-29(39)40)35-30(41)28-21-25(20-27(34-28)23-9-6-5-7-10-23)47-32(43)36(2)24-13-19-45-22-24/h5-7,9-10,20-21,24,26H,3-4,8,11-19,22H2,1-2H3,(H,35,41)(H,39,40)/t24?,26-/m0/s1. The van der Waals surface area contributed by atoms with Crippen molar-refractivity contribution in [1.29, 1.82) is 0 Å². The SMILES string of the molecule is CCCCCOC(=O)N1CCN(C(=O)[C@H](CCC(=O)O)NC(=O)c2cc(OC(=O)N(C)C3CCOC3)cc(-c3ccccc3)n2)CC1. The van der Waals surface area contributed by atoms with Crippen LogP contribution in [0, 0.1) is 0 Å². The van der Waals surface area contributed by atoms with Gasteiger partial charge in [0, 0.05) is 64.0 Å².